The lowest BCUT2D eigenvalue weighted by Gasteiger charge is -2.39. The number of fused-ring (bicyclic) bond motifs is 3. The van der Waals surface area contributed by atoms with Gasteiger partial charge in [-0.2, -0.15) is 5.10 Å². The van der Waals surface area contributed by atoms with Crippen LogP contribution in [0.2, 0.25) is 5.15 Å². The smallest absolute Gasteiger partial charge is 0.349 e. The number of aryl methyl sites for hydroxylation is 1. The molecule has 1 amide bonds. The standard InChI is InChI=1S/C23H20ClF2N7O4S2/c1-11-30-33-17-12(28-22(33)38-11)5-6-32(18(17)20-27-7-14(39-20)21(35)36-2)16(34)8-37-13-3-4-15(29-19(13)24)31-9-23(25,26)10-31/h3-4,7,18H,5-6,8-10H2,1-2H3. The summed E-state index contributed by atoms with van der Waals surface area (Å²) in [5, 5.41) is 5.86. The van der Waals surface area contributed by atoms with Gasteiger partial charge in [0, 0.05) is 13.0 Å². The molecule has 0 aromatic carbocycles. The fourth-order valence-electron chi connectivity index (χ4n) is 4.58. The molecule has 0 N–H and O–H groups in total. The lowest BCUT2D eigenvalue weighted by Crippen LogP contribution is -2.56. The number of carbonyl (C=O) groups excluding carboxylic acids is 2. The first kappa shape index (κ1) is 25.8. The average molecular weight is 596 g/mol. The summed E-state index contributed by atoms with van der Waals surface area (Å²) in [6.45, 7) is 0.993. The normalized spacial score (nSPS) is 18.1. The Morgan fingerprint density at radius 1 is 1.23 bits per heavy atom. The van der Waals surface area contributed by atoms with Crippen molar-refractivity contribution in [2.75, 3.05) is 38.3 Å². The van der Waals surface area contributed by atoms with Crippen LogP contribution >= 0.6 is 34.3 Å². The summed E-state index contributed by atoms with van der Waals surface area (Å²) in [5.74, 6) is -3.16. The van der Waals surface area contributed by atoms with Crippen LogP contribution in [0.4, 0.5) is 14.6 Å². The first-order valence-corrected chi connectivity index (χ1v) is 13.7. The average Bonchev–Trinajstić information content (AvgIpc) is 3.59. The number of methoxy groups -OCH3 is 1. The minimum Gasteiger partial charge on any atom is -0.481 e. The Morgan fingerprint density at radius 2 is 2.03 bits per heavy atom. The number of pyridine rings is 1. The first-order valence-electron chi connectivity index (χ1n) is 11.7. The molecule has 0 spiro atoms. The van der Waals surface area contributed by atoms with Crippen LogP contribution in [0, 0.1) is 6.92 Å². The van der Waals surface area contributed by atoms with Crippen LogP contribution in [0.25, 0.3) is 4.96 Å². The van der Waals surface area contributed by atoms with Crippen molar-refractivity contribution >= 4 is 56.9 Å². The molecule has 1 unspecified atom stereocenters. The number of anilines is 1. The maximum atomic E-state index is 13.5. The van der Waals surface area contributed by atoms with E-state index in [0.717, 1.165) is 22.0 Å². The molecular formula is C23H20ClF2N7O4S2. The molecule has 204 valence electrons. The Bertz CT molecular complexity index is 1600. The summed E-state index contributed by atoms with van der Waals surface area (Å²) in [6, 6.07) is 2.37. The number of thiazole rings is 1. The maximum absolute atomic E-state index is 13.5. The van der Waals surface area contributed by atoms with Gasteiger partial charge in [0.05, 0.1) is 37.8 Å². The highest BCUT2D eigenvalue weighted by atomic mass is 35.5. The summed E-state index contributed by atoms with van der Waals surface area (Å²) >= 11 is 8.81. The second-order valence-electron chi connectivity index (χ2n) is 9.01. The van der Waals surface area contributed by atoms with Crippen molar-refractivity contribution in [1.29, 1.82) is 0 Å². The second-order valence-corrected chi connectivity index (χ2v) is 11.6. The molecule has 6 heterocycles. The number of ether oxygens (including phenoxy) is 2. The van der Waals surface area contributed by atoms with Gasteiger partial charge in [0.25, 0.3) is 11.8 Å². The fourth-order valence-corrected chi connectivity index (χ4v) is 6.51. The molecule has 0 aliphatic carbocycles. The molecule has 1 saturated heterocycles. The van der Waals surface area contributed by atoms with E-state index in [1.807, 2.05) is 6.92 Å². The van der Waals surface area contributed by atoms with Crippen LogP contribution < -0.4 is 9.64 Å². The van der Waals surface area contributed by atoms with Crippen LogP contribution in [0.5, 0.6) is 5.75 Å². The van der Waals surface area contributed by atoms with Crippen molar-refractivity contribution in [2.24, 2.45) is 0 Å². The SMILES string of the molecule is COC(=O)c1cnc(C2c3c(nc4sc(C)nn34)CCN2C(=O)COc2ccc(N3CC(F)(F)C3)nc2Cl)s1. The van der Waals surface area contributed by atoms with Crippen LogP contribution in [0.3, 0.4) is 0 Å². The van der Waals surface area contributed by atoms with Crippen molar-refractivity contribution in [3.63, 3.8) is 0 Å². The molecule has 16 heteroatoms. The maximum Gasteiger partial charge on any atom is 0.349 e. The van der Waals surface area contributed by atoms with Crippen molar-refractivity contribution in [3.05, 3.63) is 49.8 Å². The Balaban J connectivity index is 1.26. The summed E-state index contributed by atoms with van der Waals surface area (Å²) in [7, 11) is 1.29. The number of aromatic nitrogens is 5. The summed E-state index contributed by atoms with van der Waals surface area (Å²) in [5.41, 5.74) is 1.51. The van der Waals surface area contributed by atoms with E-state index < -0.39 is 31.0 Å². The van der Waals surface area contributed by atoms with Gasteiger partial charge in [0.2, 0.25) is 4.96 Å². The largest absolute Gasteiger partial charge is 0.481 e. The van der Waals surface area contributed by atoms with E-state index in [2.05, 4.69) is 15.1 Å². The monoisotopic (exact) mass is 595 g/mol. The van der Waals surface area contributed by atoms with E-state index in [-0.39, 0.29) is 23.4 Å². The Hall–Kier alpha value is -3.43. The van der Waals surface area contributed by atoms with E-state index in [9.17, 15) is 18.4 Å². The number of nitrogens with zero attached hydrogens (tertiary/aromatic N) is 7. The predicted molar refractivity (Wildman–Crippen MR) is 138 cm³/mol. The number of hydrogen-bond acceptors (Lipinski definition) is 11. The molecule has 4 aromatic rings. The van der Waals surface area contributed by atoms with Gasteiger partial charge in [-0.3, -0.25) is 4.79 Å². The quantitative estimate of drug-likeness (QED) is 0.244. The minimum absolute atomic E-state index is 0.0360. The first-order chi connectivity index (χ1) is 18.6. The van der Waals surface area contributed by atoms with Crippen molar-refractivity contribution in [1.82, 2.24) is 29.5 Å². The number of halogens is 3. The lowest BCUT2D eigenvalue weighted by atomic mass is 10.0. The topological polar surface area (TPSA) is 115 Å². The van der Waals surface area contributed by atoms with Gasteiger partial charge < -0.3 is 19.3 Å². The highest BCUT2D eigenvalue weighted by molar-refractivity contribution is 7.16. The van der Waals surface area contributed by atoms with Crippen LogP contribution in [-0.2, 0) is 16.0 Å². The van der Waals surface area contributed by atoms with Crippen molar-refractivity contribution in [3.8, 4) is 5.75 Å². The molecule has 0 saturated carbocycles. The molecule has 1 fully saturated rings. The number of alkyl halides is 2. The van der Waals surface area contributed by atoms with E-state index in [4.69, 9.17) is 26.1 Å². The van der Waals surface area contributed by atoms with Gasteiger partial charge in [-0.1, -0.05) is 22.9 Å². The molecule has 6 rings (SSSR count). The Morgan fingerprint density at radius 3 is 2.74 bits per heavy atom. The summed E-state index contributed by atoms with van der Waals surface area (Å²) in [6.07, 6.45) is 1.92. The third kappa shape index (κ3) is 4.67. The molecule has 4 aromatic heterocycles. The molecule has 0 radical (unpaired) electrons. The number of esters is 1. The number of rotatable bonds is 6. The summed E-state index contributed by atoms with van der Waals surface area (Å²) < 4.78 is 38.7. The number of imidazole rings is 1. The lowest BCUT2D eigenvalue weighted by molar-refractivity contribution is -0.135. The van der Waals surface area contributed by atoms with E-state index in [0.29, 0.717) is 39.3 Å². The molecule has 2 aliphatic heterocycles. The van der Waals surface area contributed by atoms with Gasteiger partial charge >= 0.3 is 5.97 Å². The Labute approximate surface area is 232 Å². The van der Waals surface area contributed by atoms with Crippen LogP contribution in [0.1, 0.15) is 37.1 Å². The molecule has 0 bridgehead atoms. The van der Waals surface area contributed by atoms with E-state index >= 15 is 0 Å². The highest BCUT2D eigenvalue weighted by Crippen LogP contribution is 2.39. The van der Waals surface area contributed by atoms with Gasteiger partial charge in [-0.05, 0) is 19.1 Å². The molecule has 11 nitrogen and oxygen atoms in total. The predicted octanol–water partition coefficient (Wildman–Crippen LogP) is 3.40. The van der Waals surface area contributed by atoms with Crippen molar-refractivity contribution < 1.29 is 27.8 Å². The van der Waals surface area contributed by atoms with Crippen molar-refractivity contribution in [2.45, 2.75) is 25.3 Å². The Kier molecular flexibility index (Phi) is 6.38. The van der Waals surface area contributed by atoms with E-state index in [1.54, 1.807) is 9.42 Å². The molecule has 1 atom stereocenters. The van der Waals surface area contributed by atoms with Gasteiger partial charge in [0.15, 0.2) is 17.5 Å². The third-order valence-corrected chi connectivity index (χ3v) is 8.48. The van der Waals surface area contributed by atoms with E-state index in [1.165, 1.54) is 41.7 Å². The van der Waals surface area contributed by atoms with Gasteiger partial charge in [-0.25, -0.2) is 33.0 Å². The fraction of sp³-hybridized carbons (Fsp3) is 0.391. The van der Waals surface area contributed by atoms with Gasteiger partial charge in [-0.15, -0.1) is 11.3 Å². The molecule has 39 heavy (non-hydrogen) atoms. The second kappa shape index (κ2) is 9.64. The van der Waals surface area contributed by atoms with Crippen LogP contribution in [-0.4, -0.2) is 80.6 Å². The zero-order valence-corrected chi connectivity index (χ0v) is 22.9. The third-order valence-electron chi connectivity index (χ3n) is 6.36. The number of hydrogen-bond donors (Lipinski definition) is 0. The van der Waals surface area contributed by atoms with Crippen LogP contribution in [0.15, 0.2) is 18.3 Å². The highest BCUT2D eigenvalue weighted by Gasteiger charge is 2.44. The molecule has 2 aliphatic rings. The number of amides is 1. The zero-order valence-electron chi connectivity index (χ0n) is 20.6. The zero-order chi connectivity index (χ0) is 27.5. The summed E-state index contributed by atoms with van der Waals surface area (Å²) in [4.78, 5) is 42.9. The minimum atomic E-state index is -2.74. The number of carbonyl (C=O) groups is 2. The molecular weight excluding hydrogens is 576 g/mol. The van der Waals surface area contributed by atoms with Gasteiger partial charge in [0.1, 0.15) is 26.8 Å².